The number of nitriles is 1. The minimum Gasteiger partial charge on any atom is -0.336 e. The van der Waals surface area contributed by atoms with E-state index >= 15 is 0 Å². The van der Waals surface area contributed by atoms with Gasteiger partial charge in [0.05, 0.1) is 6.07 Å². The van der Waals surface area contributed by atoms with E-state index in [2.05, 4.69) is 11.0 Å². The summed E-state index contributed by atoms with van der Waals surface area (Å²) in [4.78, 5) is 16.6. The van der Waals surface area contributed by atoms with Crippen molar-refractivity contribution >= 4 is 17.5 Å². The van der Waals surface area contributed by atoms with E-state index in [1.54, 1.807) is 24.3 Å². The van der Waals surface area contributed by atoms with Crippen LogP contribution in [0.4, 0.5) is 0 Å². The van der Waals surface area contributed by atoms with Crippen molar-refractivity contribution in [3.8, 4) is 6.07 Å². The first-order chi connectivity index (χ1) is 12.1. The topological polar surface area (TPSA) is 47.3 Å². The van der Waals surface area contributed by atoms with Crippen LogP contribution in [0.3, 0.4) is 0 Å². The lowest BCUT2D eigenvalue weighted by Gasteiger charge is -2.37. The molecule has 0 aromatic heterocycles. The molecule has 1 amide bonds. The number of benzene rings is 2. The highest BCUT2D eigenvalue weighted by Crippen LogP contribution is 2.24. The van der Waals surface area contributed by atoms with Crippen molar-refractivity contribution in [2.75, 3.05) is 26.2 Å². The molecule has 1 heterocycles. The Morgan fingerprint density at radius 1 is 1.08 bits per heavy atom. The maximum Gasteiger partial charge on any atom is 0.253 e. The zero-order valence-electron chi connectivity index (χ0n) is 14.2. The van der Waals surface area contributed by atoms with Gasteiger partial charge in [-0.3, -0.25) is 9.69 Å². The molecule has 2 aromatic rings. The fourth-order valence-electron chi connectivity index (χ4n) is 3.20. The van der Waals surface area contributed by atoms with Crippen LogP contribution in [0.1, 0.15) is 27.5 Å². The number of carbonyl (C=O) groups excluding carboxylic acids is 1. The summed E-state index contributed by atoms with van der Waals surface area (Å²) in [5.41, 5.74) is 2.81. The molecule has 1 atom stereocenters. The number of halogens is 1. The zero-order valence-corrected chi connectivity index (χ0v) is 14.9. The molecule has 1 aliphatic heterocycles. The van der Waals surface area contributed by atoms with Gasteiger partial charge in [-0.15, -0.1) is 0 Å². The van der Waals surface area contributed by atoms with Crippen LogP contribution in [0.2, 0.25) is 5.02 Å². The molecular weight excluding hydrogens is 334 g/mol. The van der Waals surface area contributed by atoms with E-state index in [-0.39, 0.29) is 11.9 Å². The minimum absolute atomic E-state index is 0.0146. The molecule has 5 heteroatoms. The number of hydrogen-bond acceptors (Lipinski definition) is 3. The number of hydrogen-bond donors (Lipinski definition) is 0. The van der Waals surface area contributed by atoms with E-state index in [0.29, 0.717) is 36.8 Å². The maximum absolute atomic E-state index is 12.6. The fourth-order valence-corrected chi connectivity index (χ4v) is 3.33. The maximum atomic E-state index is 12.6. The summed E-state index contributed by atoms with van der Waals surface area (Å²) in [5.74, 6) is 0.0146. The third-order valence-electron chi connectivity index (χ3n) is 4.66. The second-order valence-corrected chi connectivity index (χ2v) is 6.66. The van der Waals surface area contributed by atoms with Crippen molar-refractivity contribution in [3.63, 3.8) is 0 Å². The molecule has 4 nitrogen and oxygen atoms in total. The summed E-state index contributed by atoms with van der Waals surface area (Å²) in [6.45, 7) is 4.63. The van der Waals surface area contributed by atoms with Crippen molar-refractivity contribution in [2.24, 2.45) is 0 Å². The highest BCUT2D eigenvalue weighted by Gasteiger charge is 2.28. The molecule has 1 unspecified atom stereocenters. The molecule has 3 rings (SSSR count). The average Bonchev–Trinajstić information content (AvgIpc) is 2.64. The predicted molar refractivity (Wildman–Crippen MR) is 98.5 cm³/mol. The number of nitrogens with zero attached hydrogens (tertiary/aromatic N) is 3. The summed E-state index contributed by atoms with van der Waals surface area (Å²) in [6, 6.07) is 17.1. The van der Waals surface area contributed by atoms with Crippen LogP contribution in [-0.4, -0.2) is 41.9 Å². The van der Waals surface area contributed by atoms with Gasteiger partial charge in [0.15, 0.2) is 0 Å². The van der Waals surface area contributed by atoms with Gasteiger partial charge in [0.1, 0.15) is 6.04 Å². The highest BCUT2D eigenvalue weighted by molar-refractivity contribution is 6.30. The van der Waals surface area contributed by atoms with Gasteiger partial charge in [-0.1, -0.05) is 35.9 Å². The van der Waals surface area contributed by atoms with Crippen LogP contribution in [0.15, 0.2) is 48.5 Å². The smallest absolute Gasteiger partial charge is 0.253 e. The van der Waals surface area contributed by atoms with E-state index in [0.717, 1.165) is 11.1 Å². The SMILES string of the molecule is Cc1ccccc1C(C#N)N1CCN(C(=O)c2ccc(Cl)cc2)CC1. The fraction of sp³-hybridized carbons (Fsp3) is 0.300. The molecule has 0 bridgehead atoms. The minimum atomic E-state index is -0.269. The van der Waals surface area contributed by atoms with E-state index in [9.17, 15) is 10.1 Å². The van der Waals surface area contributed by atoms with Crippen LogP contribution >= 0.6 is 11.6 Å². The predicted octanol–water partition coefficient (Wildman–Crippen LogP) is 3.67. The number of piperazine rings is 1. The molecular formula is C20H20ClN3O. The van der Waals surface area contributed by atoms with Gasteiger partial charge in [-0.2, -0.15) is 5.26 Å². The van der Waals surface area contributed by atoms with Gasteiger partial charge in [0.2, 0.25) is 0 Å². The van der Waals surface area contributed by atoms with E-state index in [1.807, 2.05) is 36.1 Å². The quantitative estimate of drug-likeness (QED) is 0.845. The first kappa shape index (κ1) is 17.5. The Labute approximate surface area is 153 Å². The van der Waals surface area contributed by atoms with Gasteiger partial charge in [-0.05, 0) is 42.3 Å². The Hall–Kier alpha value is -2.35. The van der Waals surface area contributed by atoms with Crippen LogP contribution in [0.5, 0.6) is 0 Å². The van der Waals surface area contributed by atoms with Crippen LogP contribution in [0, 0.1) is 18.3 Å². The summed E-state index contributed by atoms with van der Waals surface area (Å²) < 4.78 is 0. The van der Waals surface area contributed by atoms with Gasteiger partial charge < -0.3 is 4.90 Å². The number of rotatable bonds is 3. The van der Waals surface area contributed by atoms with Crippen molar-refractivity contribution in [1.82, 2.24) is 9.80 Å². The lowest BCUT2D eigenvalue weighted by Crippen LogP contribution is -2.49. The largest absolute Gasteiger partial charge is 0.336 e. The van der Waals surface area contributed by atoms with Gasteiger partial charge in [0.25, 0.3) is 5.91 Å². The first-order valence-corrected chi connectivity index (χ1v) is 8.72. The Morgan fingerprint density at radius 2 is 1.72 bits per heavy atom. The van der Waals surface area contributed by atoms with Crippen molar-refractivity contribution in [1.29, 1.82) is 5.26 Å². The molecule has 1 saturated heterocycles. The molecule has 2 aromatic carbocycles. The molecule has 0 spiro atoms. The summed E-state index contributed by atoms with van der Waals surface area (Å²) in [6.07, 6.45) is 0. The lowest BCUT2D eigenvalue weighted by atomic mass is 10.0. The molecule has 0 N–H and O–H groups in total. The Kier molecular flexibility index (Phi) is 5.37. The normalized spacial score (nSPS) is 16.3. The van der Waals surface area contributed by atoms with Crippen LogP contribution in [0.25, 0.3) is 0 Å². The number of amides is 1. The Balaban J connectivity index is 1.67. The summed E-state index contributed by atoms with van der Waals surface area (Å²) in [7, 11) is 0. The average molecular weight is 354 g/mol. The number of aryl methyl sites for hydroxylation is 1. The monoisotopic (exact) mass is 353 g/mol. The Bertz CT molecular complexity index is 789. The van der Waals surface area contributed by atoms with Crippen molar-refractivity contribution in [3.05, 3.63) is 70.2 Å². The molecule has 25 heavy (non-hydrogen) atoms. The second-order valence-electron chi connectivity index (χ2n) is 6.22. The molecule has 0 radical (unpaired) electrons. The van der Waals surface area contributed by atoms with E-state index < -0.39 is 0 Å². The molecule has 128 valence electrons. The molecule has 0 aliphatic carbocycles. The molecule has 1 aliphatic rings. The standard InChI is InChI=1S/C20H20ClN3O/c1-15-4-2-3-5-18(15)19(14-22)23-10-12-24(13-11-23)20(25)16-6-8-17(21)9-7-16/h2-9,19H,10-13H2,1H3. The van der Waals surface area contributed by atoms with Crippen molar-refractivity contribution in [2.45, 2.75) is 13.0 Å². The number of carbonyl (C=O) groups is 1. The third kappa shape index (κ3) is 3.84. The third-order valence-corrected chi connectivity index (χ3v) is 4.92. The van der Waals surface area contributed by atoms with Crippen molar-refractivity contribution < 1.29 is 4.79 Å². The van der Waals surface area contributed by atoms with Gasteiger partial charge in [-0.25, -0.2) is 0 Å². The first-order valence-electron chi connectivity index (χ1n) is 8.34. The Morgan fingerprint density at radius 3 is 2.32 bits per heavy atom. The second kappa shape index (κ2) is 7.69. The zero-order chi connectivity index (χ0) is 17.8. The molecule has 0 saturated carbocycles. The summed E-state index contributed by atoms with van der Waals surface area (Å²) >= 11 is 5.88. The molecule has 1 fully saturated rings. The van der Waals surface area contributed by atoms with Crippen LogP contribution in [-0.2, 0) is 0 Å². The van der Waals surface area contributed by atoms with E-state index in [1.165, 1.54) is 0 Å². The highest BCUT2D eigenvalue weighted by atomic mass is 35.5. The van der Waals surface area contributed by atoms with E-state index in [4.69, 9.17) is 11.6 Å². The van der Waals surface area contributed by atoms with Gasteiger partial charge >= 0.3 is 0 Å². The van der Waals surface area contributed by atoms with Crippen LogP contribution < -0.4 is 0 Å². The lowest BCUT2D eigenvalue weighted by molar-refractivity contribution is 0.0606. The van der Waals surface area contributed by atoms with Gasteiger partial charge in [0, 0.05) is 36.8 Å². The summed E-state index contributed by atoms with van der Waals surface area (Å²) in [5, 5.41) is 10.3.